The van der Waals surface area contributed by atoms with Crippen LogP contribution in [-0.2, 0) is 9.59 Å². The molecule has 4 N–H and O–H groups in total. The van der Waals surface area contributed by atoms with Crippen LogP contribution in [-0.4, -0.2) is 18.4 Å². The zero-order valence-electron chi connectivity index (χ0n) is 10.1. The van der Waals surface area contributed by atoms with Crippen molar-refractivity contribution < 1.29 is 9.59 Å². The molecule has 0 saturated carbocycles. The molecular formula is C12H16ClN3O2. The summed E-state index contributed by atoms with van der Waals surface area (Å²) in [4.78, 5) is 22.6. The second kappa shape index (κ2) is 6.98. The molecule has 0 unspecified atom stereocenters. The van der Waals surface area contributed by atoms with Crippen molar-refractivity contribution in [3.8, 4) is 0 Å². The van der Waals surface area contributed by atoms with Crippen LogP contribution in [0, 0.1) is 0 Å². The van der Waals surface area contributed by atoms with Crippen molar-refractivity contribution in [3.05, 3.63) is 23.2 Å². The van der Waals surface area contributed by atoms with E-state index < -0.39 is 0 Å². The van der Waals surface area contributed by atoms with Crippen molar-refractivity contribution in [1.82, 2.24) is 0 Å². The number of rotatable bonds is 5. The van der Waals surface area contributed by atoms with Crippen LogP contribution in [0.15, 0.2) is 18.2 Å². The van der Waals surface area contributed by atoms with Crippen LogP contribution < -0.4 is 16.4 Å². The van der Waals surface area contributed by atoms with E-state index in [0.717, 1.165) is 0 Å². The number of carbonyl (C=O) groups is 2. The Balaban J connectivity index is 2.81. The van der Waals surface area contributed by atoms with E-state index in [4.69, 9.17) is 17.3 Å². The van der Waals surface area contributed by atoms with Crippen molar-refractivity contribution in [2.75, 3.05) is 17.2 Å². The highest BCUT2D eigenvalue weighted by Gasteiger charge is 2.08. The Labute approximate surface area is 111 Å². The number of halogens is 1. The predicted molar refractivity (Wildman–Crippen MR) is 72.7 cm³/mol. The molecule has 1 aromatic carbocycles. The lowest BCUT2D eigenvalue weighted by atomic mass is 10.2. The van der Waals surface area contributed by atoms with Crippen LogP contribution in [0.5, 0.6) is 0 Å². The molecule has 0 aliphatic heterocycles. The van der Waals surface area contributed by atoms with Gasteiger partial charge in [0.25, 0.3) is 0 Å². The lowest BCUT2D eigenvalue weighted by Gasteiger charge is -2.11. The summed E-state index contributed by atoms with van der Waals surface area (Å²) < 4.78 is 0. The summed E-state index contributed by atoms with van der Waals surface area (Å²) in [6.07, 6.45) is 0.949. The summed E-state index contributed by atoms with van der Waals surface area (Å²) in [6.45, 7) is 1.86. The lowest BCUT2D eigenvalue weighted by molar-refractivity contribution is -0.116. The van der Waals surface area contributed by atoms with Gasteiger partial charge in [0, 0.05) is 18.4 Å². The van der Waals surface area contributed by atoms with Gasteiger partial charge in [0.15, 0.2) is 0 Å². The molecule has 0 fully saturated rings. The molecule has 0 heterocycles. The van der Waals surface area contributed by atoms with Crippen molar-refractivity contribution in [2.24, 2.45) is 5.73 Å². The number of amides is 2. The van der Waals surface area contributed by atoms with Crippen LogP contribution in [0.3, 0.4) is 0 Å². The smallest absolute Gasteiger partial charge is 0.224 e. The summed E-state index contributed by atoms with van der Waals surface area (Å²) in [6, 6.07) is 4.87. The average molecular weight is 270 g/mol. The van der Waals surface area contributed by atoms with Crippen LogP contribution in [0.4, 0.5) is 11.4 Å². The van der Waals surface area contributed by atoms with E-state index in [1.807, 2.05) is 0 Å². The summed E-state index contributed by atoms with van der Waals surface area (Å²) in [5.74, 6) is -0.371. The van der Waals surface area contributed by atoms with E-state index in [1.165, 1.54) is 6.92 Å². The maximum Gasteiger partial charge on any atom is 0.224 e. The van der Waals surface area contributed by atoms with Crippen LogP contribution in [0.25, 0.3) is 0 Å². The maximum absolute atomic E-state index is 11.6. The van der Waals surface area contributed by atoms with Gasteiger partial charge < -0.3 is 16.4 Å². The van der Waals surface area contributed by atoms with E-state index in [-0.39, 0.29) is 11.8 Å². The number of nitrogens with one attached hydrogen (secondary N) is 2. The predicted octanol–water partition coefficient (Wildman–Crippen LogP) is 1.98. The minimum atomic E-state index is -0.213. The van der Waals surface area contributed by atoms with Crippen molar-refractivity contribution in [1.29, 1.82) is 0 Å². The minimum Gasteiger partial charge on any atom is -0.330 e. The van der Waals surface area contributed by atoms with Crippen molar-refractivity contribution in [3.63, 3.8) is 0 Å². The molecule has 0 spiro atoms. The van der Waals surface area contributed by atoms with E-state index in [1.54, 1.807) is 18.2 Å². The largest absolute Gasteiger partial charge is 0.330 e. The first-order chi connectivity index (χ1) is 8.52. The standard InChI is InChI=1S/C12H16ClN3O2/c1-8(17)15-10-5-4-9(13)7-11(10)16-12(18)3-2-6-14/h4-5,7H,2-3,6,14H2,1H3,(H,15,17)(H,16,18). The molecule has 0 atom stereocenters. The zero-order chi connectivity index (χ0) is 13.5. The molecular weight excluding hydrogens is 254 g/mol. The maximum atomic E-state index is 11.6. The Bertz CT molecular complexity index is 449. The quantitative estimate of drug-likeness (QED) is 0.764. The summed E-state index contributed by atoms with van der Waals surface area (Å²) in [5, 5.41) is 5.81. The fourth-order valence-corrected chi connectivity index (χ4v) is 1.57. The second-order valence-corrected chi connectivity index (χ2v) is 4.25. The number of benzene rings is 1. The van der Waals surface area contributed by atoms with Gasteiger partial charge in [0.2, 0.25) is 11.8 Å². The molecule has 2 amide bonds. The van der Waals surface area contributed by atoms with Gasteiger partial charge in [-0.3, -0.25) is 9.59 Å². The molecule has 18 heavy (non-hydrogen) atoms. The van der Waals surface area contributed by atoms with Gasteiger partial charge in [-0.2, -0.15) is 0 Å². The van der Waals surface area contributed by atoms with E-state index in [9.17, 15) is 9.59 Å². The van der Waals surface area contributed by atoms with Gasteiger partial charge in [0.05, 0.1) is 11.4 Å². The molecule has 0 aliphatic rings. The third-order valence-electron chi connectivity index (χ3n) is 2.17. The Kier molecular flexibility index (Phi) is 5.61. The zero-order valence-corrected chi connectivity index (χ0v) is 10.9. The Morgan fingerprint density at radius 2 is 2.00 bits per heavy atom. The topological polar surface area (TPSA) is 84.2 Å². The van der Waals surface area contributed by atoms with Gasteiger partial charge in [-0.1, -0.05) is 11.6 Å². The molecule has 5 nitrogen and oxygen atoms in total. The summed E-state index contributed by atoms with van der Waals surface area (Å²) in [5.41, 5.74) is 6.34. The van der Waals surface area contributed by atoms with Crippen LogP contribution in [0.1, 0.15) is 19.8 Å². The first-order valence-electron chi connectivity index (χ1n) is 5.60. The van der Waals surface area contributed by atoms with E-state index >= 15 is 0 Å². The second-order valence-electron chi connectivity index (χ2n) is 3.81. The normalized spacial score (nSPS) is 9.94. The van der Waals surface area contributed by atoms with Crippen LogP contribution in [0.2, 0.25) is 5.02 Å². The molecule has 0 aliphatic carbocycles. The lowest BCUT2D eigenvalue weighted by Crippen LogP contribution is -2.16. The Morgan fingerprint density at radius 1 is 1.28 bits per heavy atom. The average Bonchev–Trinajstić information content (AvgIpc) is 2.29. The molecule has 0 bridgehead atoms. The first kappa shape index (κ1) is 14.5. The molecule has 0 aromatic heterocycles. The fraction of sp³-hybridized carbons (Fsp3) is 0.333. The SMILES string of the molecule is CC(=O)Nc1ccc(Cl)cc1NC(=O)CCCN. The molecule has 0 radical (unpaired) electrons. The fourth-order valence-electron chi connectivity index (χ4n) is 1.39. The minimum absolute atomic E-state index is 0.158. The summed E-state index contributed by atoms with van der Waals surface area (Å²) >= 11 is 5.86. The Hall–Kier alpha value is -1.59. The van der Waals surface area contributed by atoms with Crippen molar-refractivity contribution in [2.45, 2.75) is 19.8 Å². The van der Waals surface area contributed by atoms with E-state index in [2.05, 4.69) is 10.6 Å². The molecule has 0 saturated heterocycles. The van der Waals surface area contributed by atoms with Gasteiger partial charge in [-0.05, 0) is 31.2 Å². The molecule has 98 valence electrons. The van der Waals surface area contributed by atoms with Gasteiger partial charge >= 0.3 is 0 Å². The molecule has 1 rings (SSSR count). The van der Waals surface area contributed by atoms with E-state index in [0.29, 0.717) is 35.8 Å². The first-order valence-corrected chi connectivity index (χ1v) is 5.98. The highest BCUT2D eigenvalue weighted by molar-refractivity contribution is 6.31. The number of nitrogens with two attached hydrogens (primary N) is 1. The third kappa shape index (κ3) is 4.73. The number of hydrogen-bond acceptors (Lipinski definition) is 3. The monoisotopic (exact) mass is 269 g/mol. The number of carbonyl (C=O) groups excluding carboxylic acids is 2. The molecule has 6 heteroatoms. The van der Waals surface area contributed by atoms with Gasteiger partial charge in [0.1, 0.15) is 0 Å². The van der Waals surface area contributed by atoms with Crippen molar-refractivity contribution >= 4 is 34.8 Å². The Morgan fingerprint density at radius 3 is 2.61 bits per heavy atom. The number of anilines is 2. The third-order valence-corrected chi connectivity index (χ3v) is 2.41. The summed E-state index contributed by atoms with van der Waals surface area (Å²) in [7, 11) is 0. The van der Waals surface area contributed by atoms with Gasteiger partial charge in [-0.25, -0.2) is 0 Å². The number of hydrogen-bond donors (Lipinski definition) is 3. The highest BCUT2D eigenvalue weighted by atomic mass is 35.5. The highest BCUT2D eigenvalue weighted by Crippen LogP contribution is 2.26. The van der Waals surface area contributed by atoms with Gasteiger partial charge in [-0.15, -0.1) is 0 Å². The van der Waals surface area contributed by atoms with Crippen LogP contribution >= 0.6 is 11.6 Å². The molecule has 1 aromatic rings.